The first-order chi connectivity index (χ1) is 12.0. The second-order valence-electron chi connectivity index (χ2n) is 6.18. The zero-order valence-corrected chi connectivity index (χ0v) is 15.2. The van der Waals surface area contributed by atoms with Gasteiger partial charge in [0.05, 0.1) is 5.39 Å². The number of primary amides is 1. The van der Waals surface area contributed by atoms with Crippen LogP contribution < -0.4 is 11.3 Å². The monoisotopic (exact) mass is 355 g/mol. The number of thiophene rings is 1. The smallest absolute Gasteiger partial charge is 0.262 e. The molecule has 5 nitrogen and oxygen atoms in total. The van der Waals surface area contributed by atoms with Crippen LogP contribution in [0.3, 0.4) is 0 Å². The Labute approximate surface area is 150 Å². The van der Waals surface area contributed by atoms with Crippen molar-refractivity contribution in [1.82, 2.24) is 9.55 Å². The molecule has 1 aromatic carbocycles. The molecule has 0 aliphatic heterocycles. The highest BCUT2D eigenvalue weighted by molar-refractivity contribution is 7.18. The van der Waals surface area contributed by atoms with Crippen LogP contribution in [0.1, 0.15) is 34.7 Å². The summed E-state index contributed by atoms with van der Waals surface area (Å²) in [5, 5.41) is 0.693. The van der Waals surface area contributed by atoms with E-state index in [9.17, 15) is 9.59 Å². The summed E-state index contributed by atoms with van der Waals surface area (Å²) < 4.78 is 1.71. The van der Waals surface area contributed by atoms with Gasteiger partial charge < -0.3 is 5.73 Å². The zero-order chi connectivity index (χ0) is 18.0. The van der Waals surface area contributed by atoms with Gasteiger partial charge in [0.1, 0.15) is 10.7 Å². The lowest BCUT2D eigenvalue weighted by Crippen LogP contribution is -2.26. The van der Waals surface area contributed by atoms with Crippen molar-refractivity contribution < 1.29 is 4.79 Å². The maximum absolute atomic E-state index is 13.1. The fourth-order valence-corrected chi connectivity index (χ4v) is 3.96. The average Bonchev–Trinajstić information content (AvgIpc) is 2.85. The SMILES string of the molecule is Cc1sc2nc(Cc3ccccc3)n(CCCC(N)=O)c(=O)c2c1C. The Morgan fingerprint density at radius 1 is 1.24 bits per heavy atom. The summed E-state index contributed by atoms with van der Waals surface area (Å²) in [7, 11) is 0. The van der Waals surface area contributed by atoms with Crippen molar-refractivity contribution >= 4 is 27.5 Å². The Balaban J connectivity index is 2.08. The van der Waals surface area contributed by atoms with Gasteiger partial charge in [0.15, 0.2) is 0 Å². The van der Waals surface area contributed by atoms with Crippen LogP contribution in [0.2, 0.25) is 0 Å². The number of hydrogen-bond acceptors (Lipinski definition) is 4. The molecule has 0 atom stereocenters. The molecule has 2 N–H and O–H groups in total. The maximum atomic E-state index is 13.1. The first-order valence-corrected chi connectivity index (χ1v) is 9.10. The number of fused-ring (bicyclic) bond motifs is 1. The first kappa shape index (κ1) is 17.4. The van der Waals surface area contributed by atoms with Gasteiger partial charge in [0, 0.05) is 24.3 Å². The maximum Gasteiger partial charge on any atom is 0.262 e. The molecule has 0 spiro atoms. The Bertz CT molecular complexity index is 974. The number of aryl methyl sites for hydroxylation is 2. The average molecular weight is 355 g/mol. The van der Waals surface area contributed by atoms with Crippen LogP contribution in [-0.4, -0.2) is 15.5 Å². The predicted molar refractivity (Wildman–Crippen MR) is 101 cm³/mol. The van der Waals surface area contributed by atoms with E-state index in [-0.39, 0.29) is 17.9 Å². The number of carbonyl (C=O) groups is 1. The number of benzene rings is 1. The van der Waals surface area contributed by atoms with Gasteiger partial charge >= 0.3 is 0 Å². The fourth-order valence-electron chi connectivity index (χ4n) is 2.92. The van der Waals surface area contributed by atoms with Gasteiger partial charge in [-0.3, -0.25) is 14.2 Å². The lowest BCUT2D eigenvalue weighted by atomic mass is 10.1. The summed E-state index contributed by atoms with van der Waals surface area (Å²) in [6.45, 7) is 4.42. The van der Waals surface area contributed by atoms with Gasteiger partial charge in [0.2, 0.25) is 5.91 Å². The summed E-state index contributed by atoms with van der Waals surface area (Å²) >= 11 is 1.56. The van der Waals surface area contributed by atoms with Gasteiger partial charge in [0.25, 0.3) is 5.56 Å². The largest absolute Gasteiger partial charge is 0.370 e. The Morgan fingerprint density at radius 3 is 2.64 bits per heavy atom. The van der Waals surface area contributed by atoms with Crippen molar-refractivity contribution in [2.45, 2.75) is 39.7 Å². The number of aromatic nitrogens is 2. The van der Waals surface area contributed by atoms with E-state index < -0.39 is 0 Å². The standard InChI is InChI=1S/C19H21N3O2S/c1-12-13(2)25-18-17(12)19(24)22(10-6-9-15(20)23)16(21-18)11-14-7-4-3-5-8-14/h3-5,7-8H,6,9-11H2,1-2H3,(H2,20,23). The highest BCUT2D eigenvalue weighted by Gasteiger charge is 2.16. The summed E-state index contributed by atoms with van der Waals surface area (Å²) in [5.74, 6) is 0.378. The lowest BCUT2D eigenvalue weighted by Gasteiger charge is -2.12. The van der Waals surface area contributed by atoms with Gasteiger partial charge in [-0.1, -0.05) is 30.3 Å². The Hall–Kier alpha value is -2.47. The molecule has 0 bridgehead atoms. The van der Waals surface area contributed by atoms with Crippen LogP contribution in [0.15, 0.2) is 35.1 Å². The molecule has 6 heteroatoms. The molecular formula is C19H21N3O2S. The Morgan fingerprint density at radius 2 is 1.96 bits per heavy atom. The molecule has 2 aromatic heterocycles. The number of nitrogens with two attached hydrogens (primary N) is 1. The molecule has 0 saturated heterocycles. The quantitative estimate of drug-likeness (QED) is 0.738. The van der Waals surface area contributed by atoms with E-state index in [0.29, 0.717) is 24.8 Å². The van der Waals surface area contributed by atoms with Crippen molar-refractivity contribution in [3.05, 3.63) is 62.5 Å². The summed E-state index contributed by atoms with van der Waals surface area (Å²) in [6.07, 6.45) is 1.38. The minimum absolute atomic E-state index is 0.0257. The molecule has 1 amide bonds. The molecule has 0 fully saturated rings. The van der Waals surface area contributed by atoms with Crippen molar-refractivity contribution in [1.29, 1.82) is 0 Å². The van der Waals surface area contributed by atoms with Crippen LogP contribution >= 0.6 is 11.3 Å². The van der Waals surface area contributed by atoms with Crippen molar-refractivity contribution in [3.63, 3.8) is 0 Å². The second-order valence-corrected chi connectivity index (χ2v) is 7.38. The van der Waals surface area contributed by atoms with Crippen molar-refractivity contribution in [3.8, 4) is 0 Å². The normalized spacial score (nSPS) is 11.1. The molecule has 130 valence electrons. The highest BCUT2D eigenvalue weighted by Crippen LogP contribution is 2.26. The summed E-state index contributed by atoms with van der Waals surface area (Å²) in [6, 6.07) is 9.96. The van der Waals surface area contributed by atoms with Crippen LogP contribution in [-0.2, 0) is 17.8 Å². The van der Waals surface area contributed by atoms with Crippen LogP contribution in [0.5, 0.6) is 0 Å². The lowest BCUT2D eigenvalue weighted by molar-refractivity contribution is -0.118. The molecule has 0 radical (unpaired) electrons. The number of nitrogens with zero attached hydrogens (tertiary/aromatic N) is 2. The molecule has 0 unspecified atom stereocenters. The van der Waals surface area contributed by atoms with Crippen LogP contribution in [0.4, 0.5) is 0 Å². The third kappa shape index (κ3) is 3.64. The van der Waals surface area contributed by atoms with E-state index in [4.69, 9.17) is 10.7 Å². The van der Waals surface area contributed by atoms with E-state index >= 15 is 0 Å². The predicted octanol–water partition coefficient (Wildman–Crippen LogP) is 2.93. The van der Waals surface area contributed by atoms with Crippen molar-refractivity contribution in [2.24, 2.45) is 5.73 Å². The van der Waals surface area contributed by atoms with E-state index in [1.807, 2.05) is 44.2 Å². The van der Waals surface area contributed by atoms with Crippen molar-refractivity contribution in [2.75, 3.05) is 0 Å². The van der Waals surface area contributed by atoms with E-state index in [1.54, 1.807) is 15.9 Å². The molecule has 0 aliphatic carbocycles. The van der Waals surface area contributed by atoms with Gasteiger partial charge in [-0.15, -0.1) is 11.3 Å². The molecule has 0 aliphatic rings. The van der Waals surface area contributed by atoms with Crippen LogP contribution in [0.25, 0.3) is 10.2 Å². The fraction of sp³-hybridized carbons (Fsp3) is 0.316. The third-order valence-electron chi connectivity index (χ3n) is 4.38. The minimum Gasteiger partial charge on any atom is -0.370 e. The minimum atomic E-state index is -0.353. The summed E-state index contributed by atoms with van der Waals surface area (Å²) in [5.41, 5.74) is 7.30. The molecule has 3 aromatic rings. The molecule has 2 heterocycles. The highest BCUT2D eigenvalue weighted by atomic mass is 32.1. The number of amides is 1. The van der Waals surface area contributed by atoms with Gasteiger partial charge in [-0.2, -0.15) is 0 Å². The topological polar surface area (TPSA) is 78.0 Å². The Kier molecular flexibility index (Phi) is 4.99. The van der Waals surface area contributed by atoms with E-state index in [2.05, 4.69) is 0 Å². The number of hydrogen-bond donors (Lipinski definition) is 1. The molecule has 0 saturated carbocycles. The van der Waals surface area contributed by atoms with E-state index in [1.165, 1.54) is 0 Å². The molecule has 25 heavy (non-hydrogen) atoms. The van der Waals surface area contributed by atoms with Gasteiger partial charge in [-0.25, -0.2) is 4.98 Å². The number of rotatable bonds is 6. The summed E-state index contributed by atoms with van der Waals surface area (Å²) in [4.78, 5) is 30.8. The van der Waals surface area contributed by atoms with Crippen LogP contribution in [0, 0.1) is 13.8 Å². The third-order valence-corrected chi connectivity index (χ3v) is 5.48. The zero-order valence-electron chi connectivity index (χ0n) is 14.4. The second kappa shape index (κ2) is 7.19. The molecule has 3 rings (SSSR count). The molecular weight excluding hydrogens is 334 g/mol. The number of carbonyl (C=O) groups excluding carboxylic acids is 1. The van der Waals surface area contributed by atoms with E-state index in [0.717, 1.165) is 26.7 Å². The first-order valence-electron chi connectivity index (χ1n) is 8.29. The van der Waals surface area contributed by atoms with Gasteiger partial charge in [-0.05, 0) is 31.4 Å².